The summed E-state index contributed by atoms with van der Waals surface area (Å²) in [5.74, 6) is 0. The minimum absolute atomic E-state index is 0.368. The summed E-state index contributed by atoms with van der Waals surface area (Å²) in [4.78, 5) is 0. The Morgan fingerprint density at radius 1 is 0.950 bits per heavy atom. The standard InChI is InChI=1S/C14H28O6/c1-3-5-7-18-12-11(16)10(9-15)20-14(17)13(12)19-8-6-4-2/h10-17H,3-9H2,1-2H3/t10?,11-,12+,13?,14+/m1/s1. The van der Waals surface area contributed by atoms with Crippen molar-refractivity contribution in [1.82, 2.24) is 0 Å². The third-order valence-electron chi connectivity index (χ3n) is 3.43. The van der Waals surface area contributed by atoms with Gasteiger partial charge in [0.25, 0.3) is 0 Å². The van der Waals surface area contributed by atoms with Gasteiger partial charge in [0.05, 0.1) is 6.61 Å². The van der Waals surface area contributed by atoms with Gasteiger partial charge in [0.2, 0.25) is 0 Å². The number of aliphatic hydroxyl groups is 3. The van der Waals surface area contributed by atoms with Gasteiger partial charge in [-0.05, 0) is 12.8 Å². The molecule has 1 rings (SSSR count). The maximum atomic E-state index is 10.2. The smallest absolute Gasteiger partial charge is 0.184 e. The van der Waals surface area contributed by atoms with Crippen LogP contribution in [0, 0.1) is 0 Å². The highest BCUT2D eigenvalue weighted by molar-refractivity contribution is 4.90. The van der Waals surface area contributed by atoms with E-state index in [1.165, 1.54) is 0 Å². The monoisotopic (exact) mass is 292 g/mol. The van der Waals surface area contributed by atoms with Crippen LogP contribution in [-0.2, 0) is 14.2 Å². The van der Waals surface area contributed by atoms with Crippen LogP contribution in [0.25, 0.3) is 0 Å². The van der Waals surface area contributed by atoms with Gasteiger partial charge in [-0.1, -0.05) is 26.7 Å². The molecule has 20 heavy (non-hydrogen) atoms. The quantitative estimate of drug-likeness (QED) is 0.534. The van der Waals surface area contributed by atoms with Crippen molar-refractivity contribution in [3.05, 3.63) is 0 Å². The van der Waals surface area contributed by atoms with Crippen LogP contribution in [0.4, 0.5) is 0 Å². The highest BCUT2D eigenvalue weighted by Gasteiger charge is 2.45. The van der Waals surface area contributed by atoms with Crippen LogP contribution in [0.5, 0.6) is 0 Å². The molecule has 1 fully saturated rings. The minimum atomic E-state index is -1.20. The van der Waals surface area contributed by atoms with E-state index in [2.05, 4.69) is 0 Å². The topological polar surface area (TPSA) is 88.4 Å². The zero-order chi connectivity index (χ0) is 15.0. The molecule has 6 heteroatoms. The first-order valence-corrected chi connectivity index (χ1v) is 7.51. The van der Waals surface area contributed by atoms with Crippen molar-refractivity contribution in [2.45, 2.75) is 70.2 Å². The van der Waals surface area contributed by atoms with E-state index < -0.39 is 30.7 Å². The summed E-state index contributed by atoms with van der Waals surface area (Å²) in [5, 5.41) is 29.3. The van der Waals surface area contributed by atoms with Crippen LogP contribution >= 0.6 is 0 Å². The minimum Gasteiger partial charge on any atom is -0.394 e. The van der Waals surface area contributed by atoms with Gasteiger partial charge in [0, 0.05) is 13.2 Å². The second-order valence-electron chi connectivity index (χ2n) is 5.12. The van der Waals surface area contributed by atoms with Gasteiger partial charge in [-0.15, -0.1) is 0 Å². The molecule has 120 valence electrons. The Hall–Kier alpha value is -0.240. The highest BCUT2D eigenvalue weighted by atomic mass is 16.7. The van der Waals surface area contributed by atoms with E-state index in [1.54, 1.807) is 0 Å². The molecule has 0 radical (unpaired) electrons. The van der Waals surface area contributed by atoms with Gasteiger partial charge in [-0.3, -0.25) is 0 Å². The molecule has 0 spiro atoms. The molecule has 0 bridgehead atoms. The molecule has 3 N–H and O–H groups in total. The van der Waals surface area contributed by atoms with E-state index in [0.29, 0.717) is 13.2 Å². The summed E-state index contributed by atoms with van der Waals surface area (Å²) in [5.41, 5.74) is 0. The van der Waals surface area contributed by atoms with Gasteiger partial charge in [-0.25, -0.2) is 0 Å². The van der Waals surface area contributed by atoms with Gasteiger partial charge in [0.15, 0.2) is 6.29 Å². The lowest BCUT2D eigenvalue weighted by molar-refractivity contribution is -0.303. The molecule has 5 atom stereocenters. The molecule has 0 aromatic rings. The molecular weight excluding hydrogens is 264 g/mol. The second-order valence-corrected chi connectivity index (χ2v) is 5.12. The highest BCUT2D eigenvalue weighted by Crippen LogP contribution is 2.25. The van der Waals surface area contributed by atoms with E-state index in [9.17, 15) is 15.3 Å². The Morgan fingerprint density at radius 3 is 2.00 bits per heavy atom. The van der Waals surface area contributed by atoms with Crippen molar-refractivity contribution in [1.29, 1.82) is 0 Å². The lowest BCUT2D eigenvalue weighted by Gasteiger charge is -2.42. The van der Waals surface area contributed by atoms with Crippen molar-refractivity contribution in [3.63, 3.8) is 0 Å². The van der Waals surface area contributed by atoms with Crippen LogP contribution in [-0.4, -0.2) is 65.8 Å². The molecule has 0 amide bonds. The summed E-state index contributed by atoms with van der Waals surface area (Å²) in [6.07, 6.45) is -0.765. The lowest BCUT2D eigenvalue weighted by atomic mass is 9.98. The SMILES string of the molecule is CCCCOC1[C@@H](OCCCC)[C@H](O)C(CO)O[C@@H]1O. The maximum absolute atomic E-state index is 10.2. The van der Waals surface area contributed by atoms with E-state index >= 15 is 0 Å². The Bertz CT molecular complexity index is 250. The number of rotatable bonds is 9. The average molecular weight is 292 g/mol. The molecule has 1 aliphatic rings. The van der Waals surface area contributed by atoms with E-state index in [0.717, 1.165) is 25.7 Å². The van der Waals surface area contributed by atoms with Gasteiger partial charge >= 0.3 is 0 Å². The molecule has 6 nitrogen and oxygen atoms in total. The van der Waals surface area contributed by atoms with Gasteiger partial charge in [-0.2, -0.15) is 0 Å². The summed E-state index contributed by atoms with van der Waals surface area (Å²) in [6, 6.07) is 0. The first-order chi connectivity index (χ1) is 9.65. The molecule has 0 aromatic carbocycles. The Kier molecular flexibility index (Phi) is 8.60. The number of aliphatic hydroxyl groups excluding tert-OH is 3. The molecule has 0 aromatic heterocycles. The van der Waals surface area contributed by atoms with Crippen molar-refractivity contribution >= 4 is 0 Å². The molecule has 1 saturated heterocycles. The molecule has 1 heterocycles. The largest absolute Gasteiger partial charge is 0.394 e. The van der Waals surface area contributed by atoms with Crippen LogP contribution in [0.15, 0.2) is 0 Å². The fraction of sp³-hybridized carbons (Fsp3) is 1.00. The zero-order valence-electron chi connectivity index (χ0n) is 12.4. The van der Waals surface area contributed by atoms with Gasteiger partial charge in [0.1, 0.15) is 24.4 Å². The number of hydrogen-bond acceptors (Lipinski definition) is 6. The van der Waals surface area contributed by atoms with Crippen molar-refractivity contribution in [2.75, 3.05) is 19.8 Å². The summed E-state index contributed by atoms with van der Waals surface area (Å²) in [7, 11) is 0. The second kappa shape index (κ2) is 9.65. The molecule has 1 aliphatic heterocycles. The van der Waals surface area contributed by atoms with Crippen molar-refractivity contribution in [3.8, 4) is 0 Å². The van der Waals surface area contributed by atoms with Crippen molar-refractivity contribution < 1.29 is 29.5 Å². The van der Waals surface area contributed by atoms with Crippen LogP contribution < -0.4 is 0 Å². The first-order valence-electron chi connectivity index (χ1n) is 7.51. The van der Waals surface area contributed by atoms with Crippen LogP contribution in [0.3, 0.4) is 0 Å². The third-order valence-corrected chi connectivity index (χ3v) is 3.43. The predicted octanol–water partition coefficient (Wildman–Crippen LogP) is 0.427. The average Bonchev–Trinajstić information content (AvgIpc) is 2.45. The fourth-order valence-electron chi connectivity index (χ4n) is 2.15. The maximum Gasteiger partial charge on any atom is 0.184 e. The molecule has 0 aliphatic carbocycles. The molecule has 2 unspecified atom stereocenters. The third kappa shape index (κ3) is 4.95. The first kappa shape index (κ1) is 17.8. The summed E-state index contributed by atoms with van der Waals surface area (Å²) in [6.45, 7) is 4.68. The van der Waals surface area contributed by atoms with E-state index in [1.807, 2.05) is 13.8 Å². The van der Waals surface area contributed by atoms with Crippen molar-refractivity contribution in [2.24, 2.45) is 0 Å². The van der Waals surface area contributed by atoms with Crippen LogP contribution in [0.1, 0.15) is 39.5 Å². The van der Waals surface area contributed by atoms with E-state index in [-0.39, 0.29) is 6.61 Å². The summed E-state index contributed by atoms with van der Waals surface area (Å²) >= 11 is 0. The number of ether oxygens (including phenoxy) is 3. The Balaban J connectivity index is 2.63. The fourth-order valence-corrected chi connectivity index (χ4v) is 2.15. The lowest BCUT2D eigenvalue weighted by Crippen LogP contribution is -2.60. The molecular formula is C14H28O6. The van der Waals surface area contributed by atoms with E-state index in [4.69, 9.17) is 14.2 Å². The molecule has 0 saturated carbocycles. The summed E-state index contributed by atoms with van der Waals surface area (Å²) < 4.78 is 16.4. The Labute approximate surface area is 120 Å². The normalized spacial score (nSPS) is 34.4. The van der Waals surface area contributed by atoms with Gasteiger partial charge < -0.3 is 29.5 Å². The zero-order valence-corrected chi connectivity index (χ0v) is 12.4. The number of hydrogen-bond donors (Lipinski definition) is 3. The van der Waals surface area contributed by atoms with Crippen LogP contribution in [0.2, 0.25) is 0 Å². The number of unbranched alkanes of at least 4 members (excludes halogenated alkanes) is 2. The predicted molar refractivity (Wildman–Crippen MR) is 73.3 cm³/mol. The Morgan fingerprint density at radius 2 is 1.50 bits per heavy atom.